The molecule has 0 spiro atoms. The lowest BCUT2D eigenvalue weighted by atomic mass is 9.90. The number of piperidine rings is 1. The summed E-state index contributed by atoms with van der Waals surface area (Å²) in [6, 6.07) is 23.4. The molecule has 1 saturated heterocycles. The molecule has 0 aliphatic carbocycles. The number of hydrogen-bond acceptors (Lipinski definition) is 3. The van der Waals surface area contributed by atoms with Gasteiger partial charge in [-0.15, -0.1) is 0 Å². The van der Waals surface area contributed by atoms with Crippen molar-refractivity contribution >= 4 is 17.4 Å². The van der Waals surface area contributed by atoms with Crippen molar-refractivity contribution in [2.24, 2.45) is 5.92 Å². The van der Waals surface area contributed by atoms with Crippen molar-refractivity contribution in [1.82, 2.24) is 9.80 Å². The van der Waals surface area contributed by atoms with E-state index in [0.29, 0.717) is 12.2 Å². The molecule has 0 atom stereocenters. The zero-order chi connectivity index (χ0) is 26.3. The first-order valence-electron chi connectivity index (χ1n) is 14.4. The van der Waals surface area contributed by atoms with Crippen LogP contribution >= 0.6 is 11.6 Å². The number of likely N-dealkylation sites (tertiary alicyclic amines) is 1. The third kappa shape index (κ3) is 7.34. The lowest BCUT2D eigenvalue weighted by Gasteiger charge is -2.32. The third-order valence-electron chi connectivity index (χ3n) is 8.60. The van der Waals surface area contributed by atoms with Gasteiger partial charge in [0.2, 0.25) is 0 Å². The number of fused-ring (bicyclic) bond motifs is 1. The van der Waals surface area contributed by atoms with Crippen LogP contribution in [0.3, 0.4) is 0 Å². The van der Waals surface area contributed by atoms with Crippen LogP contribution in [0.25, 0.3) is 0 Å². The third-order valence-corrected chi connectivity index (χ3v) is 8.83. The first kappa shape index (κ1) is 27.1. The Morgan fingerprint density at radius 1 is 0.842 bits per heavy atom. The molecule has 0 radical (unpaired) electrons. The van der Waals surface area contributed by atoms with E-state index in [0.717, 1.165) is 81.5 Å². The number of nitrogens with zero attached hydrogens (tertiary/aromatic N) is 2. The van der Waals surface area contributed by atoms with E-state index in [9.17, 15) is 4.79 Å². The summed E-state index contributed by atoms with van der Waals surface area (Å²) in [7, 11) is 0. The minimum Gasteiger partial charge on any atom is -0.299 e. The topological polar surface area (TPSA) is 23.6 Å². The molecule has 0 N–H and O–H groups in total. The van der Waals surface area contributed by atoms with Gasteiger partial charge >= 0.3 is 0 Å². The molecule has 2 aliphatic rings. The van der Waals surface area contributed by atoms with Gasteiger partial charge < -0.3 is 0 Å². The Labute approximate surface area is 233 Å². The SMILES string of the molecule is Cc1ccccc1CN1CCc2ccc(C(=O)CCCC3CCN(Cc4cccc(Cl)c4)CC3)cc2CC1. The summed E-state index contributed by atoms with van der Waals surface area (Å²) in [6.07, 6.45) is 7.37. The molecule has 38 heavy (non-hydrogen) atoms. The lowest BCUT2D eigenvalue weighted by Crippen LogP contribution is -2.33. The Morgan fingerprint density at radius 2 is 1.61 bits per heavy atom. The van der Waals surface area contributed by atoms with Crippen LogP contribution in [0.15, 0.2) is 66.7 Å². The van der Waals surface area contributed by atoms with E-state index in [-0.39, 0.29) is 0 Å². The molecule has 0 unspecified atom stereocenters. The Balaban J connectivity index is 1.05. The molecule has 2 heterocycles. The largest absolute Gasteiger partial charge is 0.299 e. The molecule has 3 aromatic carbocycles. The lowest BCUT2D eigenvalue weighted by molar-refractivity contribution is 0.0974. The number of ketones is 1. The second-order valence-electron chi connectivity index (χ2n) is 11.4. The molecule has 1 fully saturated rings. The van der Waals surface area contributed by atoms with Crippen LogP contribution in [0.2, 0.25) is 5.02 Å². The highest BCUT2D eigenvalue weighted by molar-refractivity contribution is 6.30. The van der Waals surface area contributed by atoms with Gasteiger partial charge in [-0.3, -0.25) is 14.6 Å². The predicted molar refractivity (Wildman–Crippen MR) is 158 cm³/mol. The molecule has 0 aromatic heterocycles. The van der Waals surface area contributed by atoms with Crippen LogP contribution in [0.5, 0.6) is 0 Å². The van der Waals surface area contributed by atoms with Crippen molar-refractivity contribution < 1.29 is 4.79 Å². The number of carbonyl (C=O) groups is 1. The van der Waals surface area contributed by atoms with Crippen molar-refractivity contribution in [2.75, 3.05) is 26.2 Å². The van der Waals surface area contributed by atoms with Gasteiger partial charge in [-0.25, -0.2) is 0 Å². The number of Topliss-reactive ketones (excluding diaryl/α,β-unsaturated/α-hetero) is 1. The van der Waals surface area contributed by atoms with Crippen molar-refractivity contribution in [2.45, 2.75) is 65.0 Å². The average molecular weight is 529 g/mol. The molecule has 0 amide bonds. The van der Waals surface area contributed by atoms with Gasteiger partial charge in [0.1, 0.15) is 0 Å². The molecular formula is C34H41ClN2O. The quantitative estimate of drug-likeness (QED) is 0.268. The Hall–Kier alpha value is -2.46. The monoisotopic (exact) mass is 528 g/mol. The first-order chi connectivity index (χ1) is 18.5. The van der Waals surface area contributed by atoms with Crippen molar-refractivity contribution in [1.29, 1.82) is 0 Å². The van der Waals surface area contributed by atoms with Crippen LogP contribution in [0.4, 0.5) is 0 Å². The van der Waals surface area contributed by atoms with E-state index in [2.05, 4.69) is 71.3 Å². The number of benzene rings is 3. The highest BCUT2D eigenvalue weighted by atomic mass is 35.5. The smallest absolute Gasteiger partial charge is 0.162 e. The minimum absolute atomic E-state index is 0.312. The van der Waals surface area contributed by atoms with E-state index in [1.54, 1.807) is 0 Å². The summed E-state index contributed by atoms with van der Waals surface area (Å²) in [4.78, 5) is 18.1. The maximum Gasteiger partial charge on any atom is 0.162 e. The molecule has 0 saturated carbocycles. The number of halogens is 1. The van der Waals surface area contributed by atoms with E-state index >= 15 is 0 Å². The average Bonchev–Trinajstić information content (AvgIpc) is 3.13. The maximum atomic E-state index is 13.1. The molecule has 200 valence electrons. The van der Waals surface area contributed by atoms with E-state index < -0.39 is 0 Å². The van der Waals surface area contributed by atoms with Crippen molar-refractivity contribution in [3.8, 4) is 0 Å². The summed E-state index contributed by atoms with van der Waals surface area (Å²) in [5.74, 6) is 1.05. The zero-order valence-corrected chi connectivity index (χ0v) is 23.6. The van der Waals surface area contributed by atoms with Gasteiger partial charge in [-0.2, -0.15) is 0 Å². The second-order valence-corrected chi connectivity index (χ2v) is 11.8. The van der Waals surface area contributed by atoms with Gasteiger partial charge in [0, 0.05) is 43.2 Å². The molecule has 0 bridgehead atoms. The Bertz CT molecular complexity index is 1230. The van der Waals surface area contributed by atoms with Gasteiger partial charge in [0.15, 0.2) is 5.78 Å². The van der Waals surface area contributed by atoms with Crippen LogP contribution in [0.1, 0.15) is 70.3 Å². The van der Waals surface area contributed by atoms with Gasteiger partial charge in [0.25, 0.3) is 0 Å². The van der Waals surface area contributed by atoms with Crippen LogP contribution in [0, 0.1) is 12.8 Å². The maximum absolute atomic E-state index is 13.1. The van der Waals surface area contributed by atoms with Crippen LogP contribution in [-0.2, 0) is 25.9 Å². The van der Waals surface area contributed by atoms with E-state index in [1.807, 2.05) is 12.1 Å². The number of carbonyl (C=O) groups excluding carboxylic acids is 1. The molecule has 5 rings (SSSR count). The fourth-order valence-electron chi connectivity index (χ4n) is 6.15. The molecule has 3 aromatic rings. The molecule has 2 aliphatic heterocycles. The second kappa shape index (κ2) is 13.1. The van der Waals surface area contributed by atoms with Gasteiger partial charge in [-0.1, -0.05) is 60.1 Å². The number of aryl methyl sites for hydroxylation is 1. The highest BCUT2D eigenvalue weighted by Gasteiger charge is 2.20. The predicted octanol–water partition coefficient (Wildman–Crippen LogP) is 7.51. The summed E-state index contributed by atoms with van der Waals surface area (Å²) in [6.45, 7) is 8.58. The van der Waals surface area contributed by atoms with Crippen LogP contribution < -0.4 is 0 Å². The molecule has 3 nitrogen and oxygen atoms in total. The Kier molecular flexibility index (Phi) is 9.32. The molecule has 4 heteroatoms. The fourth-order valence-corrected chi connectivity index (χ4v) is 6.37. The molecular weight excluding hydrogens is 488 g/mol. The van der Waals surface area contributed by atoms with E-state index in [1.165, 1.54) is 40.7 Å². The number of rotatable bonds is 9. The fraction of sp³-hybridized carbons (Fsp3) is 0.441. The van der Waals surface area contributed by atoms with E-state index in [4.69, 9.17) is 11.6 Å². The van der Waals surface area contributed by atoms with Gasteiger partial charge in [-0.05, 0) is 110 Å². The summed E-state index contributed by atoms with van der Waals surface area (Å²) >= 11 is 6.14. The summed E-state index contributed by atoms with van der Waals surface area (Å²) in [5, 5.41) is 0.816. The summed E-state index contributed by atoms with van der Waals surface area (Å²) in [5.41, 5.74) is 7.77. The van der Waals surface area contributed by atoms with Gasteiger partial charge in [0.05, 0.1) is 0 Å². The highest BCUT2D eigenvalue weighted by Crippen LogP contribution is 2.26. The number of hydrogen-bond donors (Lipinski definition) is 0. The van der Waals surface area contributed by atoms with Crippen molar-refractivity contribution in [3.05, 3.63) is 105 Å². The minimum atomic E-state index is 0.312. The Morgan fingerprint density at radius 3 is 2.39 bits per heavy atom. The summed E-state index contributed by atoms with van der Waals surface area (Å²) < 4.78 is 0. The van der Waals surface area contributed by atoms with Crippen LogP contribution in [-0.4, -0.2) is 41.8 Å². The normalized spacial score (nSPS) is 17.2. The first-order valence-corrected chi connectivity index (χ1v) is 14.8. The standard InChI is InChI=1S/C34H41ClN2O/c1-26-6-2-3-9-32(26)25-37-20-16-29-12-13-31(23-30(29)17-21-37)34(38)11-5-7-27-14-18-36(19-15-27)24-28-8-4-10-33(35)22-28/h2-4,6,8-10,12-13,22-23,27H,5,7,11,14-21,24-25H2,1H3. The zero-order valence-electron chi connectivity index (χ0n) is 22.8. The van der Waals surface area contributed by atoms with Crippen molar-refractivity contribution in [3.63, 3.8) is 0 Å².